The molecular formula is C10H19NO2. The fourth-order valence-corrected chi connectivity index (χ4v) is 1.15. The number of ketones is 1. The van der Waals surface area contributed by atoms with Crippen molar-refractivity contribution in [1.82, 2.24) is 0 Å². The SMILES string of the molecule is CC(C)CC(N)C(=O)C(C)(C)C=O. The lowest BCUT2D eigenvalue weighted by atomic mass is 9.83. The zero-order valence-electron chi connectivity index (χ0n) is 8.83. The van der Waals surface area contributed by atoms with Crippen LogP contribution in [0, 0.1) is 11.3 Å². The minimum Gasteiger partial charge on any atom is -0.321 e. The van der Waals surface area contributed by atoms with E-state index in [1.165, 1.54) is 0 Å². The number of nitrogens with two attached hydrogens (primary N) is 1. The molecule has 0 bridgehead atoms. The normalized spacial score (nSPS) is 14.3. The Bertz CT molecular complexity index is 197. The molecule has 0 aliphatic rings. The molecule has 0 rings (SSSR count). The molecule has 3 nitrogen and oxygen atoms in total. The van der Waals surface area contributed by atoms with E-state index in [-0.39, 0.29) is 5.78 Å². The maximum atomic E-state index is 11.6. The molecule has 0 radical (unpaired) electrons. The summed E-state index contributed by atoms with van der Waals surface area (Å²) in [6.45, 7) is 7.20. The van der Waals surface area contributed by atoms with Crippen LogP contribution in [0.2, 0.25) is 0 Å². The number of hydrogen-bond acceptors (Lipinski definition) is 3. The zero-order chi connectivity index (χ0) is 10.6. The van der Waals surface area contributed by atoms with Gasteiger partial charge in [0, 0.05) is 0 Å². The number of aldehydes is 1. The Morgan fingerprint density at radius 3 is 2.23 bits per heavy atom. The summed E-state index contributed by atoms with van der Waals surface area (Å²) in [6, 6.07) is -0.514. The van der Waals surface area contributed by atoms with Crippen LogP contribution in [0.5, 0.6) is 0 Å². The smallest absolute Gasteiger partial charge is 0.162 e. The first-order valence-corrected chi connectivity index (χ1v) is 4.57. The largest absolute Gasteiger partial charge is 0.321 e. The molecule has 3 heteroatoms. The average molecular weight is 185 g/mol. The van der Waals surface area contributed by atoms with E-state index in [2.05, 4.69) is 0 Å². The van der Waals surface area contributed by atoms with Gasteiger partial charge in [-0.2, -0.15) is 0 Å². The first-order chi connectivity index (χ1) is 5.81. The highest BCUT2D eigenvalue weighted by Gasteiger charge is 2.31. The van der Waals surface area contributed by atoms with Crippen molar-refractivity contribution in [3.63, 3.8) is 0 Å². The van der Waals surface area contributed by atoms with Gasteiger partial charge in [0.15, 0.2) is 5.78 Å². The monoisotopic (exact) mass is 185 g/mol. The van der Waals surface area contributed by atoms with Crippen molar-refractivity contribution >= 4 is 12.1 Å². The fourth-order valence-electron chi connectivity index (χ4n) is 1.15. The Balaban J connectivity index is 4.34. The third kappa shape index (κ3) is 3.68. The molecule has 0 aromatic carbocycles. The van der Waals surface area contributed by atoms with Gasteiger partial charge in [0.25, 0.3) is 0 Å². The molecule has 0 aliphatic carbocycles. The van der Waals surface area contributed by atoms with Gasteiger partial charge in [0.05, 0.1) is 11.5 Å². The lowest BCUT2D eigenvalue weighted by molar-refractivity contribution is -0.133. The molecule has 0 heterocycles. The molecule has 0 aromatic rings. The molecule has 0 fully saturated rings. The first-order valence-electron chi connectivity index (χ1n) is 4.57. The van der Waals surface area contributed by atoms with E-state index in [1.54, 1.807) is 13.8 Å². The predicted molar refractivity (Wildman–Crippen MR) is 52.3 cm³/mol. The highest BCUT2D eigenvalue weighted by molar-refractivity contribution is 6.00. The summed E-state index contributed by atoms with van der Waals surface area (Å²) in [7, 11) is 0. The predicted octanol–water partition coefficient (Wildman–Crippen LogP) is 1.15. The van der Waals surface area contributed by atoms with Crippen LogP contribution in [0.25, 0.3) is 0 Å². The van der Waals surface area contributed by atoms with Crippen molar-refractivity contribution in [2.75, 3.05) is 0 Å². The summed E-state index contributed by atoms with van der Waals surface area (Å²) >= 11 is 0. The summed E-state index contributed by atoms with van der Waals surface area (Å²) in [5, 5.41) is 0. The van der Waals surface area contributed by atoms with Crippen molar-refractivity contribution < 1.29 is 9.59 Å². The van der Waals surface area contributed by atoms with Crippen LogP contribution in [0.3, 0.4) is 0 Å². The quantitative estimate of drug-likeness (QED) is 0.516. The topological polar surface area (TPSA) is 60.2 Å². The number of carbonyl (C=O) groups is 2. The van der Waals surface area contributed by atoms with Crippen LogP contribution < -0.4 is 5.73 Å². The van der Waals surface area contributed by atoms with Crippen molar-refractivity contribution in [2.45, 2.75) is 40.2 Å². The van der Waals surface area contributed by atoms with Gasteiger partial charge in [-0.3, -0.25) is 4.79 Å². The minimum absolute atomic E-state index is 0.170. The van der Waals surface area contributed by atoms with Gasteiger partial charge in [0.2, 0.25) is 0 Å². The van der Waals surface area contributed by atoms with E-state index >= 15 is 0 Å². The van der Waals surface area contributed by atoms with Gasteiger partial charge < -0.3 is 10.5 Å². The zero-order valence-corrected chi connectivity index (χ0v) is 8.83. The third-order valence-electron chi connectivity index (χ3n) is 1.99. The maximum absolute atomic E-state index is 11.6. The molecule has 13 heavy (non-hydrogen) atoms. The van der Waals surface area contributed by atoms with Gasteiger partial charge in [-0.25, -0.2) is 0 Å². The van der Waals surface area contributed by atoms with E-state index in [1.807, 2.05) is 13.8 Å². The standard InChI is InChI=1S/C10H19NO2/c1-7(2)5-8(11)9(13)10(3,4)6-12/h6-8H,5,11H2,1-4H3. The van der Waals surface area contributed by atoms with Gasteiger partial charge in [0.1, 0.15) is 6.29 Å². The van der Waals surface area contributed by atoms with Gasteiger partial charge >= 0.3 is 0 Å². The van der Waals surface area contributed by atoms with Gasteiger partial charge in [-0.1, -0.05) is 13.8 Å². The maximum Gasteiger partial charge on any atom is 0.162 e. The molecule has 0 spiro atoms. The first kappa shape index (κ1) is 12.3. The van der Waals surface area contributed by atoms with Crippen molar-refractivity contribution in [2.24, 2.45) is 17.1 Å². The lowest BCUT2D eigenvalue weighted by Crippen LogP contribution is -2.41. The number of carbonyl (C=O) groups excluding carboxylic acids is 2. The summed E-state index contributed by atoms with van der Waals surface area (Å²) in [4.78, 5) is 22.2. The Morgan fingerprint density at radius 1 is 1.46 bits per heavy atom. The molecule has 1 unspecified atom stereocenters. The summed E-state index contributed by atoms with van der Waals surface area (Å²) < 4.78 is 0. The van der Waals surface area contributed by atoms with Crippen LogP contribution in [-0.2, 0) is 9.59 Å². The van der Waals surface area contributed by atoms with Crippen LogP contribution in [0.4, 0.5) is 0 Å². The van der Waals surface area contributed by atoms with Gasteiger partial charge in [-0.15, -0.1) is 0 Å². The fraction of sp³-hybridized carbons (Fsp3) is 0.800. The van der Waals surface area contributed by atoms with Crippen LogP contribution in [0.1, 0.15) is 34.1 Å². The van der Waals surface area contributed by atoms with Crippen LogP contribution >= 0.6 is 0 Å². The summed E-state index contributed by atoms with van der Waals surface area (Å²) in [5.41, 5.74) is 4.74. The van der Waals surface area contributed by atoms with Crippen LogP contribution in [0.15, 0.2) is 0 Å². The second-order valence-electron chi connectivity index (χ2n) is 4.44. The Morgan fingerprint density at radius 2 is 1.92 bits per heavy atom. The van der Waals surface area contributed by atoms with E-state index in [0.717, 1.165) is 0 Å². The Kier molecular flexibility index (Phi) is 4.27. The van der Waals surface area contributed by atoms with Gasteiger partial charge in [-0.05, 0) is 26.2 Å². The van der Waals surface area contributed by atoms with E-state index < -0.39 is 11.5 Å². The number of Topliss-reactive ketones (excluding diaryl/α,β-unsaturated/α-hetero) is 1. The van der Waals surface area contributed by atoms with E-state index in [0.29, 0.717) is 18.6 Å². The second-order valence-corrected chi connectivity index (χ2v) is 4.44. The Hall–Kier alpha value is -0.700. The van der Waals surface area contributed by atoms with Crippen molar-refractivity contribution in [1.29, 1.82) is 0 Å². The summed E-state index contributed by atoms with van der Waals surface area (Å²) in [6.07, 6.45) is 1.30. The molecule has 1 atom stereocenters. The molecule has 0 saturated heterocycles. The second kappa shape index (κ2) is 4.51. The van der Waals surface area contributed by atoms with Crippen LogP contribution in [-0.4, -0.2) is 18.1 Å². The van der Waals surface area contributed by atoms with E-state index in [9.17, 15) is 9.59 Å². The molecule has 0 aliphatic heterocycles. The summed E-state index contributed by atoms with van der Waals surface area (Å²) in [5.74, 6) is 0.206. The molecule has 2 N–H and O–H groups in total. The van der Waals surface area contributed by atoms with Crippen molar-refractivity contribution in [3.8, 4) is 0 Å². The molecule has 0 amide bonds. The third-order valence-corrected chi connectivity index (χ3v) is 1.99. The number of hydrogen-bond donors (Lipinski definition) is 1. The van der Waals surface area contributed by atoms with E-state index in [4.69, 9.17) is 5.73 Å². The number of rotatable bonds is 5. The van der Waals surface area contributed by atoms with Crippen molar-refractivity contribution in [3.05, 3.63) is 0 Å². The molecule has 76 valence electrons. The average Bonchev–Trinajstić information content (AvgIpc) is 2.01. The molecule has 0 aromatic heterocycles. The minimum atomic E-state index is -0.936. The molecular weight excluding hydrogens is 166 g/mol. The Labute approximate surface area is 79.7 Å². The highest BCUT2D eigenvalue weighted by Crippen LogP contribution is 2.17. The lowest BCUT2D eigenvalue weighted by Gasteiger charge is -2.21. The molecule has 0 saturated carbocycles. The highest BCUT2D eigenvalue weighted by atomic mass is 16.1.